The van der Waals surface area contributed by atoms with Crippen molar-refractivity contribution < 1.29 is 0 Å². The van der Waals surface area contributed by atoms with Gasteiger partial charge in [0, 0.05) is 51.4 Å². The fourth-order valence-corrected chi connectivity index (χ4v) is 9.46. The first-order chi connectivity index (χ1) is 30.3. The van der Waals surface area contributed by atoms with Gasteiger partial charge < -0.3 is 9.47 Å². The van der Waals surface area contributed by atoms with Gasteiger partial charge in [-0.3, -0.25) is 9.97 Å². The lowest BCUT2D eigenvalue weighted by Crippen LogP contribution is -2.56. The first-order valence-electron chi connectivity index (χ1n) is 20.7. The smallest absolute Gasteiger partial charge is 0.246 e. The summed E-state index contributed by atoms with van der Waals surface area (Å²) in [5.41, 5.74) is 16.1. The van der Waals surface area contributed by atoms with Gasteiger partial charge in [0.25, 0.3) is 0 Å². The topological polar surface area (TPSA) is 46.8 Å². The molecule has 7 aromatic carbocycles. The van der Waals surface area contributed by atoms with Gasteiger partial charge in [0.2, 0.25) is 6.71 Å². The quantitative estimate of drug-likeness (QED) is 0.151. The Morgan fingerprint density at radius 2 is 1.05 bits per heavy atom. The number of aromatic nitrogens is 4. The number of rotatable bonds is 7. The van der Waals surface area contributed by atoms with Crippen molar-refractivity contribution in [3.8, 4) is 39.6 Å². The summed E-state index contributed by atoms with van der Waals surface area (Å²) >= 11 is 0. The second kappa shape index (κ2) is 14.3. The van der Waals surface area contributed by atoms with E-state index in [1.54, 1.807) is 0 Å². The molecule has 0 spiro atoms. The maximum absolute atomic E-state index is 5.10. The summed E-state index contributed by atoms with van der Waals surface area (Å²) in [5, 5.41) is 4.97. The van der Waals surface area contributed by atoms with Gasteiger partial charge in [-0.1, -0.05) is 127 Å². The molecular formula is C55H36BN5. The standard InChI is InChI=1S/C55H36BN5/c1-4-17-40(18-5-1)56-46-32-38(39-33-50(48-24-12-14-30-57-48)59-51(34-39)49-25-13-15-31-58-49)27-28-52(46)61-53-29-26-37-16-10-11-23-44(37)54(53)45-35-43(36-47(56)55(45)61)60(41-19-6-2-7-20-41)42-21-8-3-9-22-42/h1-36H. The van der Waals surface area contributed by atoms with Crippen molar-refractivity contribution in [2.45, 2.75) is 0 Å². The highest BCUT2D eigenvalue weighted by atomic mass is 15.1. The average Bonchev–Trinajstić information content (AvgIpc) is 3.68. The maximum atomic E-state index is 5.10. The molecule has 0 amide bonds. The van der Waals surface area contributed by atoms with Crippen molar-refractivity contribution in [3.63, 3.8) is 0 Å². The third-order valence-corrected chi connectivity index (χ3v) is 12.1. The molecule has 284 valence electrons. The Balaban J connectivity index is 1.17. The SMILES string of the molecule is c1ccc(B2c3cc(-c4cc(-c5ccccn5)nc(-c5ccccn5)c4)ccc3-n3c4ccc5ccccc5c4c4cc(N(c5ccccc5)c5ccccc5)cc2c43)cc1. The Kier molecular flexibility index (Phi) is 8.20. The van der Waals surface area contributed by atoms with Crippen LogP contribution >= 0.6 is 0 Å². The number of fused-ring (bicyclic) bond motifs is 7. The zero-order valence-corrected chi connectivity index (χ0v) is 33.1. The molecule has 0 radical (unpaired) electrons. The van der Waals surface area contributed by atoms with Crippen molar-refractivity contribution >= 4 is 72.7 Å². The van der Waals surface area contributed by atoms with E-state index in [4.69, 9.17) is 15.0 Å². The number of para-hydroxylation sites is 2. The van der Waals surface area contributed by atoms with Crippen molar-refractivity contribution in [1.29, 1.82) is 0 Å². The normalized spacial score (nSPS) is 11.9. The highest BCUT2D eigenvalue weighted by Gasteiger charge is 2.35. The molecule has 6 heteroatoms. The third-order valence-electron chi connectivity index (χ3n) is 12.1. The first kappa shape index (κ1) is 34.9. The molecule has 0 atom stereocenters. The fraction of sp³-hybridized carbons (Fsp3) is 0. The molecule has 0 fully saturated rings. The number of pyridine rings is 3. The summed E-state index contributed by atoms with van der Waals surface area (Å²) in [6.45, 7) is -0.0672. The van der Waals surface area contributed by atoms with E-state index in [0.717, 1.165) is 51.0 Å². The molecule has 5 heterocycles. The number of hydrogen-bond acceptors (Lipinski definition) is 4. The van der Waals surface area contributed by atoms with Crippen LogP contribution in [0.2, 0.25) is 0 Å². The van der Waals surface area contributed by atoms with E-state index in [9.17, 15) is 0 Å². The predicted octanol–water partition coefficient (Wildman–Crippen LogP) is 11.4. The van der Waals surface area contributed by atoms with Crippen LogP contribution in [-0.2, 0) is 0 Å². The van der Waals surface area contributed by atoms with E-state index in [0.29, 0.717) is 0 Å². The molecule has 0 bridgehead atoms. The molecule has 0 N–H and O–H groups in total. The van der Waals surface area contributed by atoms with Crippen LogP contribution in [0.5, 0.6) is 0 Å². The van der Waals surface area contributed by atoms with Crippen LogP contribution in [0.4, 0.5) is 17.1 Å². The zero-order valence-electron chi connectivity index (χ0n) is 33.1. The summed E-state index contributed by atoms with van der Waals surface area (Å²) < 4.78 is 2.52. The van der Waals surface area contributed by atoms with E-state index in [1.807, 2.05) is 48.8 Å². The minimum absolute atomic E-state index is 0.0672. The summed E-state index contributed by atoms with van der Waals surface area (Å²) in [6.07, 6.45) is 3.64. The highest BCUT2D eigenvalue weighted by molar-refractivity contribution is 6.98. The van der Waals surface area contributed by atoms with Crippen LogP contribution in [0.1, 0.15) is 0 Å². The molecule has 12 rings (SSSR count). The van der Waals surface area contributed by atoms with Gasteiger partial charge in [-0.05, 0) is 118 Å². The van der Waals surface area contributed by atoms with Gasteiger partial charge in [0.1, 0.15) is 0 Å². The Hall–Kier alpha value is -8.09. The van der Waals surface area contributed by atoms with Crippen LogP contribution in [0.25, 0.3) is 72.2 Å². The van der Waals surface area contributed by atoms with E-state index < -0.39 is 0 Å². The number of nitrogens with zero attached hydrogens (tertiary/aromatic N) is 5. The van der Waals surface area contributed by atoms with Crippen LogP contribution in [0.15, 0.2) is 219 Å². The van der Waals surface area contributed by atoms with Crippen LogP contribution in [0, 0.1) is 0 Å². The lowest BCUT2D eigenvalue weighted by molar-refractivity contribution is 1.19. The molecule has 0 saturated heterocycles. The van der Waals surface area contributed by atoms with E-state index >= 15 is 0 Å². The monoisotopic (exact) mass is 777 g/mol. The van der Waals surface area contributed by atoms with Crippen molar-refractivity contribution in [1.82, 2.24) is 19.5 Å². The number of benzene rings is 7. The van der Waals surface area contributed by atoms with Gasteiger partial charge in [-0.25, -0.2) is 4.98 Å². The molecular weight excluding hydrogens is 741 g/mol. The van der Waals surface area contributed by atoms with Crippen LogP contribution < -0.4 is 21.3 Å². The Bertz CT molecular complexity index is 3310. The summed E-state index contributed by atoms with van der Waals surface area (Å²) in [4.78, 5) is 16.9. The lowest BCUT2D eigenvalue weighted by atomic mass is 9.35. The zero-order chi connectivity index (χ0) is 40.3. The summed E-state index contributed by atoms with van der Waals surface area (Å²) in [6, 6.07) is 73.9. The van der Waals surface area contributed by atoms with Gasteiger partial charge in [-0.2, -0.15) is 0 Å². The van der Waals surface area contributed by atoms with Gasteiger partial charge >= 0.3 is 0 Å². The summed E-state index contributed by atoms with van der Waals surface area (Å²) in [7, 11) is 0. The molecule has 4 aromatic heterocycles. The minimum Gasteiger partial charge on any atom is -0.311 e. The molecule has 1 aliphatic heterocycles. The van der Waals surface area contributed by atoms with Crippen molar-refractivity contribution in [2.24, 2.45) is 0 Å². The van der Waals surface area contributed by atoms with Gasteiger partial charge in [-0.15, -0.1) is 0 Å². The van der Waals surface area contributed by atoms with E-state index in [1.165, 1.54) is 54.7 Å². The highest BCUT2D eigenvalue weighted by Crippen LogP contribution is 2.42. The molecule has 11 aromatic rings. The van der Waals surface area contributed by atoms with E-state index in [2.05, 4.69) is 179 Å². The largest absolute Gasteiger partial charge is 0.311 e. The molecule has 0 unspecified atom stereocenters. The van der Waals surface area contributed by atoms with Crippen LogP contribution in [0.3, 0.4) is 0 Å². The molecule has 5 nitrogen and oxygen atoms in total. The van der Waals surface area contributed by atoms with Crippen molar-refractivity contribution in [2.75, 3.05) is 4.90 Å². The number of anilines is 3. The fourth-order valence-electron chi connectivity index (χ4n) is 9.46. The molecule has 0 aliphatic carbocycles. The average molecular weight is 778 g/mol. The minimum atomic E-state index is -0.0672. The lowest BCUT2D eigenvalue weighted by Gasteiger charge is -2.31. The molecule has 1 aliphatic rings. The van der Waals surface area contributed by atoms with Crippen molar-refractivity contribution in [3.05, 3.63) is 219 Å². The maximum Gasteiger partial charge on any atom is 0.246 e. The van der Waals surface area contributed by atoms with Crippen LogP contribution in [-0.4, -0.2) is 26.2 Å². The summed E-state index contributed by atoms with van der Waals surface area (Å²) in [5.74, 6) is 0. The molecule has 61 heavy (non-hydrogen) atoms. The second-order valence-corrected chi connectivity index (χ2v) is 15.6. The van der Waals surface area contributed by atoms with Gasteiger partial charge in [0.05, 0.1) is 28.3 Å². The Labute approximate surface area is 354 Å². The Morgan fingerprint density at radius 1 is 0.426 bits per heavy atom. The Morgan fingerprint density at radius 3 is 1.70 bits per heavy atom. The molecule has 0 saturated carbocycles. The third kappa shape index (κ3) is 5.83. The van der Waals surface area contributed by atoms with Gasteiger partial charge in [0.15, 0.2) is 0 Å². The first-order valence-corrected chi connectivity index (χ1v) is 20.7. The number of hydrogen-bond donors (Lipinski definition) is 0. The predicted molar refractivity (Wildman–Crippen MR) is 254 cm³/mol. The second-order valence-electron chi connectivity index (χ2n) is 15.6. The van der Waals surface area contributed by atoms with E-state index in [-0.39, 0.29) is 6.71 Å².